The van der Waals surface area contributed by atoms with Gasteiger partial charge in [-0.05, 0) is 17.9 Å². The van der Waals surface area contributed by atoms with Gasteiger partial charge in [-0.3, -0.25) is 14.9 Å². The quantitative estimate of drug-likeness (QED) is 0.758. The zero-order valence-electron chi connectivity index (χ0n) is 10.4. The highest BCUT2D eigenvalue weighted by Crippen LogP contribution is 2.11. The van der Waals surface area contributed by atoms with E-state index in [1.54, 1.807) is 0 Å². The van der Waals surface area contributed by atoms with Gasteiger partial charge >= 0.3 is 0 Å². The first-order chi connectivity index (χ1) is 8.09. The molecule has 1 aromatic carbocycles. The minimum atomic E-state index is -0.138. The van der Waals surface area contributed by atoms with Gasteiger partial charge in [0.1, 0.15) is 0 Å². The second kappa shape index (κ2) is 6.84. The Morgan fingerprint density at radius 3 is 1.82 bits per heavy atom. The molecule has 0 saturated carbocycles. The average molecular weight is 233 g/mol. The lowest BCUT2D eigenvalue weighted by Gasteiger charge is -2.07. The van der Waals surface area contributed by atoms with Gasteiger partial charge in [0.25, 0.3) is 0 Å². The number of rotatable bonds is 1. The molecule has 0 unspecified atom stereocenters. The third-order valence-electron chi connectivity index (χ3n) is 2.55. The molecule has 1 fully saturated rings. The second-order valence-electron chi connectivity index (χ2n) is 4.39. The summed E-state index contributed by atoms with van der Waals surface area (Å²) in [6.07, 6.45) is 1.72. The summed E-state index contributed by atoms with van der Waals surface area (Å²) in [4.78, 5) is 20.7. The lowest BCUT2D eigenvalue weighted by atomic mass is 10.0. The van der Waals surface area contributed by atoms with Crippen LogP contribution in [0.3, 0.4) is 0 Å². The number of carbonyl (C=O) groups is 2. The number of nitrogens with one attached hydrogen (secondary N) is 1. The summed E-state index contributed by atoms with van der Waals surface area (Å²) in [5, 5.41) is 2.20. The zero-order valence-corrected chi connectivity index (χ0v) is 10.4. The SMILES string of the molecule is CC(C)c1ccccc1.O=C1CCCC(=O)N1. The molecule has 92 valence electrons. The summed E-state index contributed by atoms with van der Waals surface area (Å²) in [5.41, 5.74) is 1.41. The van der Waals surface area contributed by atoms with Crippen molar-refractivity contribution in [3.05, 3.63) is 35.9 Å². The molecule has 0 bridgehead atoms. The highest BCUT2D eigenvalue weighted by atomic mass is 16.2. The summed E-state index contributed by atoms with van der Waals surface area (Å²) in [5.74, 6) is 0.383. The number of imide groups is 1. The van der Waals surface area contributed by atoms with E-state index in [1.165, 1.54) is 5.56 Å². The molecule has 1 saturated heterocycles. The van der Waals surface area contributed by atoms with Gasteiger partial charge in [0.2, 0.25) is 11.8 Å². The zero-order chi connectivity index (χ0) is 12.7. The summed E-state index contributed by atoms with van der Waals surface area (Å²) in [6.45, 7) is 4.41. The van der Waals surface area contributed by atoms with E-state index in [-0.39, 0.29) is 11.8 Å². The van der Waals surface area contributed by atoms with Crippen LogP contribution in [0.5, 0.6) is 0 Å². The van der Waals surface area contributed by atoms with Crippen LogP contribution in [0.1, 0.15) is 44.6 Å². The van der Waals surface area contributed by atoms with E-state index in [4.69, 9.17) is 0 Å². The minimum Gasteiger partial charge on any atom is -0.296 e. The Kier molecular flexibility index (Phi) is 5.40. The minimum absolute atomic E-state index is 0.138. The van der Waals surface area contributed by atoms with Crippen molar-refractivity contribution in [1.29, 1.82) is 0 Å². The van der Waals surface area contributed by atoms with Crippen LogP contribution in [0.15, 0.2) is 30.3 Å². The standard InChI is InChI=1S/C9H12.C5H7NO2/c1-8(2)9-6-4-3-5-7-9;7-4-2-1-3-5(8)6-4/h3-8H,1-2H3;1-3H2,(H,6,7,8). The molecule has 2 rings (SSSR count). The van der Waals surface area contributed by atoms with Crippen LogP contribution in [-0.2, 0) is 9.59 Å². The maximum absolute atomic E-state index is 10.3. The molecule has 0 aliphatic carbocycles. The number of benzene rings is 1. The van der Waals surface area contributed by atoms with Gasteiger partial charge in [-0.25, -0.2) is 0 Å². The van der Waals surface area contributed by atoms with Crippen molar-refractivity contribution in [2.24, 2.45) is 0 Å². The maximum Gasteiger partial charge on any atom is 0.226 e. The number of piperidine rings is 1. The van der Waals surface area contributed by atoms with Crippen LogP contribution < -0.4 is 5.32 Å². The van der Waals surface area contributed by atoms with E-state index >= 15 is 0 Å². The molecule has 17 heavy (non-hydrogen) atoms. The van der Waals surface area contributed by atoms with Crippen molar-refractivity contribution in [1.82, 2.24) is 5.32 Å². The third-order valence-corrected chi connectivity index (χ3v) is 2.55. The van der Waals surface area contributed by atoms with Crippen molar-refractivity contribution in [2.75, 3.05) is 0 Å². The molecule has 0 atom stereocenters. The summed E-state index contributed by atoms with van der Waals surface area (Å²) in [7, 11) is 0. The predicted molar refractivity (Wildman–Crippen MR) is 67.5 cm³/mol. The topological polar surface area (TPSA) is 46.2 Å². The fraction of sp³-hybridized carbons (Fsp3) is 0.429. The van der Waals surface area contributed by atoms with Crippen LogP contribution in [0.25, 0.3) is 0 Å². The molecule has 2 amide bonds. The maximum atomic E-state index is 10.3. The lowest BCUT2D eigenvalue weighted by molar-refractivity contribution is -0.132. The lowest BCUT2D eigenvalue weighted by Crippen LogP contribution is -2.33. The van der Waals surface area contributed by atoms with Gasteiger partial charge in [0.15, 0.2) is 0 Å². The number of hydrogen-bond donors (Lipinski definition) is 1. The Morgan fingerprint density at radius 1 is 1.00 bits per heavy atom. The van der Waals surface area contributed by atoms with Crippen molar-refractivity contribution in [3.8, 4) is 0 Å². The van der Waals surface area contributed by atoms with Crippen molar-refractivity contribution in [3.63, 3.8) is 0 Å². The van der Waals surface area contributed by atoms with E-state index in [1.807, 2.05) is 6.07 Å². The van der Waals surface area contributed by atoms with Gasteiger partial charge in [-0.15, -0.1) is 0 Å². The first-order valence-corrected chi connectivity index (χ1v) is 5.97. The summed E-state index contributed by atoms with van der Waals surface area (Å²) < 4.78 is 0. The number of hydrogen-bond acceptors (Lipinski definition) is 2. The fourth-order valence-corrected chi connectivity index (χ4v) is 1.53. The van der Waals surface area contributed by atoms with E-state index in [2.05, 4.69) is 43.4 Å². The molecule has 1 heterocycles. The fourth-order valence-electron chi connectivity index (χ4n) is 1.53. The molecule has 0 aromatic heterocycles. The molecule has 0 spiro atoms. The number of amides is 2. The van der Waals surface area contributed by atoms with Gasteiger partial charge in [0.05, 0.1) is 0 Å². The van der Waals surface area contributed by atoms with E-state index < -0.39 is 0 Å². The van der Waals surface area contributed by atoms with Crippen LogP contribution >= 0.6 is 0 Å². The second-order valence-corrected chi connectivity index (χ2v) is 4.39. The van der Waals surface area contributed by atoms with Crippen molar-refractivity contribution >= 4 is 11.8 Å². The summed E-state index contributed by atoms with van der Waals surface area (Å²) >= 11 is 0. The molecule has 1 aliphatic rings. The van der Waals surface area contributed by atoms with Crippen molar-refractivity contribution < 1.29 is 9.59 Å². The monoisotopic (exact) mass is 233 g/mol. The molecule has 1 N–H and O–H groups in total. The first-order valence-electron chi connectivity index (χ1n) is 5.97. The van der Waals surface area contributed by atoms with Gasteiger partial charge < -0.3 is 0 Å². The van der Waals surface area contributed by atoms with Crippen molar-refractivity contribution in [2.45, 2.75) is 39.0 Å². The van der Waals surface area contributed by atoms with E-state index in [0.717, 1.165) is 0 Å². The molecule has 0 radical (unpaired) electrons. The Bertz CT molecular complexity index is 357. The van der Waals surface area contributed by atoms with E-state index in [9.17, 15) is 9.59 Å². The molecule has 1 aromatic rings. The van der Waals surface area contributed by atoms with Gasteiger partial charge in [0, 0.05) is 12.8 Å². The van der Waals surface area contributed by atoms with Gasteiger partial charge in [-0.2, -0.15) is 0 Å². The predicted octanol–water partition coefficient (Wildman–Crippen LogP) is 2.62. The van der Waals surface area contributed by atoms with Gasteiger partial charge in [-0.1, -0.05) is 44.2 Å². The average Bonchev–Trinajstić information content (AvgIpc) is 2.30. The normalized spacial score (nSPS) is 15.0. The third kappa shape index (κ3) is 5.29. The highest BCUT2D eigenvalue weighted by Gasteiger charge is 2.12. The molecular formula is C14H19NO2. The van der Waals surface area contributed by atoms with Crippen LogP contribution in [0, 0.1) is 0 Å². The Balaban J connectivity index is 0.000000171. The van der Waals surface area contributed by atoms with E-state index in [0.29, 0.717) is 25.2 Å². The molecular weight excluding hydrogens is 214 g/mol. The van der Waals surface area contributed by atoms with Crippen LogP contribution in [0.2, 0.25) is 0 Å². The van der Waals surface area contributed by atoms with Crippen LogP contribution in [-0.4, -0.2) is 11.8 Å². The Labute approximate surface area is 102 Å². The summed E-state index contributed by atoms with van der Waals surface area (Å²) in [6, 6.07) is 10.5. The molecule has 1 aliphatic heterocycles. The molecule has 3 heteroatoms. The Hall–Kier alpha value is -1.64. The highest BCUT2D eigenvalue weighted by molar-refractivity contribution is 5.97. The largest absolute Gasteiger partial charge is 0.296 e. The smallest absolute Gasteiger partial charge is 0.226 e. The first kappa shape index (κ1) is 13.4. The van der Waals surface area contributed by atoms with Crippen LogP contribution in [0.4, 0.5) is 0 Å². The Morgan fingerprint density at radius 2 is 1.53 bits per heavy atom. The number of carbonyl (C=O) groups excluding carboxylic acids is 2. The molecule has 3 nitrogen and oxygen atoms in total.